The fourth-order valence-corrected chi connectivity index (χ4v) is 1.21. The van der Waals surface area contributed by atoms with Crippen molar-refractivity contribution in [1.29, 1.82) is 0 Å². The van der Waals surface area contributed by atoms with Crippen molar-refractivity contribution in [2.24, 2.45) is 11.5 Å². The Bertz CT molecular complexity index is 355. The summed E-state index contributed by atoms with van der Waals surface area (Å²) >= 11 is 0. The van der Waals surface area contributed by atoms with E-state index in [1.165, 1.54) is 12.8 Å². The Morgan fingerprint density at radius 1 is 0.895 bits per heavy atom. The van der Waals surface area contributed by atoms with E-state index >= 15 is 0 Å². The lowest BCUT2D eigenvalue weighted by Gasteiger charge is -1.94. The van der Waals surface area contributed by atoms with Crippen LogP contribution in [0.4, 0.5) is 0 Å². The van der Waals surface area contributed by atoms with Gasteiger partial charge in [0.15, 0.2) is 0 Å². The normalized spacial score (nSPS) is 9.58. The number of rotatable bonds is 7. The van der Waals surface area contributed by atoms with Gasteiger partial charge < -0.3 is 26.1 Å². The van der Waals surface area contributed by atoms with Crippen molar-refractivity contribution in [3.8, 4) is 0 Å². The highest BCUT2D eigenvalue weighted by molar-refractivity contribution is 5.88. The molecule has 1 aromatic rings. The quantitative estimate of drug-likeness (QED) is 0.545. The monoisotopic (exact) mass is 272 g/mol. The highest BCUT2D eigenvalue weighted by Crippen LogP contribution is 2.06. The lowest BCUT2D eigenvalue weighted by Crippen LogP contribution is -2.00. The highest BCUT2D eigenvalue weighted by Gasteiger charge is 2.12. The van der Waals surface area contributed by atoms with E-state index in [0.29, 0.717) is 0 Å². The molecule has 0 aliphatic rings. The first-order chi connectivity index (χ1) is 9.02. The van der Waals surface area contributed by atoms with Gasteiger partial charge in [0, 0.05) is 0 Å². The summed E-state index contributed by atoms with van der Waals surface area (Å²) in [5, 5.41) is 16.6. The van der Waals surface area contributed by atoms with Crippen molar-refractivity contribution < 1.29 is 24.2 Å². The van der Waals surface area contributed by atoms with Crippen molar-refractivity contribution >= 4 is 11.9 Å². The first-order valence-electron chi connectivity index (χ1n) is 5.99. The number of hydrogen-bond donors (Lipinski definition) is 4. The number of aromatic carboxylic acids is 2. The highest BCUT2D eigenvalue weighted by atomic mass is 16.4. The Balaban J connectivity index is 0.000000362. The van der Waals surface area contributed by atoms with E-state index in [1.54, 1.807) is 0 Å². The Labute approximate surface area is 111 Å². The second-order valence-corrected chi connectivity index (χ2v) is 3.77. The van der Waals surface area contributed by atoms with Crippen LogP contribution in [0.25, 0.3) is 0 Å². The molecule has 0 unspecified atom stereocenters. The van der Waals surface area contributed by atoms with Crippen LogP contribution in [-0.4, -0.2) is 35.2 Å². The van der Waals surface area contributed by atoms with Crippen LogP contribution >= 0.6 is 0 Å². The molecule has 0 aromatic carbocycles. The van der Waals surface area contributed by atoms with Gasteiger partial charge in [-0.3, -0.25) is 0 Å². The van der Waals surface area contributed by atoms with Crippen LogP contribution in [0.3, 0.4) is 0 Å². The molecular formula is C12H20N2O5. The largest absolute Gasteiger partial charge is 0.475 e. The van der Waals surface area contributed by atoms with Crippen LogP contribution in [-0.2, 0) is 0 Å². The van der Waals surface area contributed by atoms with Gasteiger partial charge in [0.05, 0.1) is 0 Å². The molecule has 0 saturated heterocycles. The number of carbonyl (C=O) groups is 2. The zero-order valence-corrected chi connectivity index (χ0v) is 10.7. The van der Waals surface area contributed by atoms with Crippen LogP contribution in [0.5, 0.6) is 0 Å². The van der Waals surface area contributed by atoms with Crippen molar-refractivity contribution in [1.82, 2.24) is 0 Å². The summed E-state index contributed by atoms with van der Waals surface area (Å²) in [6.07, 6.45) is 4.79. The van der Waals surface area contributed by atoms with Gasteiger partial charge in [0.25, 0.3) is 0 Å². The van der Waals surface area contributed by atoms with Gasteiger partial charge in [-0.05, 0) is 38.1 Å². The fourth-order valence-electron chi connectivity index (χ4n) is 1.21. The van der Waals surface area contributed by atoms with Gasteiger partial charge in [-0.25, -0.2) is 9.59 Å². The Hall–Kier alpha value is -1.86. The number of nitrogens with two attached hydrogens (primary N) is 2. The molecule has 19 heavy (non-hydrogen) atoms. The molecule has 0 amide bonds. The summed E-state index contributed by atoms with van der Waals surface area (Å²) in [4.78, 5) is 20.3. The summed E-state index contributed by atoms with van der Waals surface area (Å²) in [6, 6.07) is 2.18. The minimum atomic E-state index is -1.28. The summed E-state index contributed by atoms with van der Waals surface area (Å²) in [5.74, 6) is -3.31. The zero-order chi connectivity index (χ0) is 14.7. The number of carboxylic acid groups (broad SMARTS) is 2. The van der Waals surface area contributed by atoms with Gasteiger partial charge in [-0.2, -0.15) is 0 Å². The molecular weight excluding hydrogens is 252 g/mol. The van der Waals surface area contributed by atoms with E-state index < -0.39 is 11.9 Å². The van der Waals surface area contributed by atoms with Gasteiger partial charge in [0.1, 0.15) is 0 Å². The minimum Gasteiger partial charge on any atom is -0.475 e. The van der Waals surface area contributed by atoms with Gasteiger partial charge in [-0.1, -0.05) is 12.8 Å². The standard InChI is InChI=1S/C6H16N2.C6H4O5/c7-5-3-1-2-4-6-8;7-5(8)3-1-2-4(11-3)6(9)10/h1-8H2;1-2H,(H,7,8)(H,9,10). The van der Waals surface area contributed by atoms with E-state index in [2.05, 4.69) is 4.42 Å². The molecule has 0 bridgehead atoms. The average molecular weight is 272 g/mol. The molecule has 1 rings (SSSR count). The summed E-state index contributed by atoms with van der Waals surface area (Å²) in [6.45, 7) is 1.65. The van der Waals surface area contributed by atoms with E-state index in [4.69, 9.17) is 21.7 Å². The Morgan fingerprint density at radius 2 is 1.26 bits per heavy atom. The van der Waals surface area contributed by atoms with Crippen molar-refractivity contribution in [2.75, 3.05) is 13.1 Å². The minimum absolute atomic E-state index is 0.373. The first kappa shape index (κ1) is 17.1. The summed E-state index contributed by atoms with van der Waals surface area (Å²) < 4.78 is 4.41. The SMILES string of the molecule is NCCCCCCN.O=C(O)c1ccc(C(=O)O)o1. The Kier molecular flexibility index (Phi) is 9.11. The maximum absolute atomic E-state index is 10.2. The predicted molar refractivity (Wildman–Crippen MR) is 69.2 cm³/mol. The summed E-state index contributed by atoms with van der Waals surface area (Å²) in [5.41, 5.74) is 10.6. The number of hydrogen-bond acceptors (Lipinski definition) is 5. The van der Waals surface area contributed by atoms with Crippen LogP contribution in [0.15, 0.2) is 16.5 Å². The van der Waals surface area contributed by atoms with Gasteiger partial charge in [0.2, 0.25) is 11.5 Å². The van der Waals surface area contributed by atoms with Crippen molar-refractivity contribution in [3.63, 3.8) is 0 Å². The van der Waals surface area contributed by atoms with E-state index in [0.717, 1.165) is 38.1 Å². The molecule has 1 aromatic heterocycles. The molecule has 0 spiro atoms. The molecule has 7 heteroatoms. The van der Waals surface area contributed by atoms with E-state index in [1.807, 2.05) is 0 Å². The lowest BCUT2D eigenvalue weighted by molar-refractivity contribution is 0.0631. The third-order valence-electron chi connectivity index (χ3n) is 2.19. The number of carboxylic acids is 2. The molecule has 108 valence electrons. The molecule has 7 nitrogen and oxygen atoms in total. The van der Waals surface area contributed by atoms with Crippen LogP contribution < -0.4 is 11.5 Å². The average Bonchev–Trinajstić information content (AvgIpc) is 2.85. The Morgan fingerprint density at radius 3 is 1.47 bits per heavy atom. The van der Waals surface area contributed by atoms with Crippen molar-refractivity contribution in [2.45, 2.75) is 25.7 Å². The third kappa shape index (κ3) is 7.96. The molecule has 0 aliphatic carbocycles. The van der Waals surface area contributed by atoms with Crippen molar-refractivity contribution in [3.05, 3.63) is 23.7 Å². The number of furan rings is 1. The van der Waals surface area contributed by atoms with Gasteiger partial charge >= 0.3 is 11.9 Å². The third-order valence-corrected chi connectivity index (χ3v) is 2.19. The zero-order valence-electron chi connectivity index (χ0n) is 10.7. The molecule has 0 saturated carbocycles. The number of unbranched alkanes of at least 4 members (excludes halogenated alkanes) is 3. The van der Waals surface area contributed by atoms with Gasteiger partial charge in [-0.15, -0.1) is 0 Å². The molecule has 0 aliphatic heterocycles. The topological polar surface area (TPSA) is 140 Å². The summed E-state index contributed by atoms with van der Waals surface area (Å²) in [7, 11) is 0. The molecule has 1 heterocycles. The maximum Gasteiger partial charge on any atom is 0.371 e. The second kappa shape index (κ2) is 10.1. The van der Waals surface area contributed by atoms with E-state index in [9.17, 15) is 9.59 Å². The maximum atomic E-state index is 10.2. The second-order valence-electron chi connectivity index (χ2n) is 3.77. The van der Waals surface area contributed by atoms with Crippen LogP contribution in [0.1, 0.15) is 46.8 Å². The lowest BCUT2D eigenvalue weighted by atomic mass is 10.2. The first-order valence-corrected chi connectivity index (χ1v) is 5.99. The molecule has 0 fully saturated rings. The molecule has 6 N–H and O–H groups in total. The molecule has 0 atom stereocenters. The smallest absolute Gasteiger partial charge is 0.371 e. The van der Waals surface area contributed by atoms with Crippen LogP contribution in [0.2, 0.25) is 0 Å². The van der Waals surface area contributed by atoms with E-state index in [-0.39, 0.29) is 11.5 Å². The van der Waals surface area contributed by atoms with Crippen LogP contribution in [0, 0.1) is 0 Å². The molecule has 0 radical (unpaired) electrons. The predicted octanol–water partition coefficient (Wildman–Crippen LogP) is 1.14. The fraction of sp³-hybridized carbons (Fsp3) is 0.500.